The van der Waals surface area contributed by atoms with Crippen LogP contribution in [0.2, 0.25) is 0 Å². The lowest BCUT2D eigenvalue weighted by Gasteiger charge is -2.18. The molecule has 0 bridgehead atoms. The first-order chi connectivity index (χ1) is 11.6. The summed E-state index contributed by atoms with van der Waals surface area (Å²) < 4.78 is 5.88. The maximum absolute atomic E-state index is 12.2. The molecule has 0 spiro atoms. The Bertz CT molecular complexity index is 677. The molecule has 0 radical (unpaired) electrons. The zero-order valence-corrected chi connectivity index (χ0v) is 14.6. The highest BCUT2D eigenvalue weighted by atomic mass is 32.1. The molecule has 8 heteroatoms. The van der Waals surface area contributed by atoms with Gasteiger partial charge in [0.1, 0.15) is 6.10 Å². The van der Waals surface area contributed by atoms with Crippen molar-refractivity contribution in [3.8, 4) is 5.88 Å². The van der Waals surface area contributed by atoms with E-state index in [-0.39, 0.29) is 12.1 Å². The Morgan fingerprint density at radius 1 is 1.50 bits per heavy atom. The van der Waals surface area contributed by atoms with Crippen LogP contribution in [-0.2, 0) is 6.54 Å². The molecule has 1 N–H and O–H groups in total. The molecule has 2 amide bonds. The number of amides is 2. The van der Waals surface area contributed by atoms with E-state index in [9.17, 15) is 4.79 Å². The second kappa shape index (κ2) is 7.48. The number of nitrogens with zero attached hydrogens (tertiary/aromatic N) is 4. The molecule has 0 aromatic carbocycles. The fourth-order valence-corrected chi connectivity index (χ4v) is 3.12. The molecule has 0 unspecified atom stereocenters. The van der Waals surface area contributed by atoms with Crippen molar-refractivity contribution in [3.63, 3.8) is 0 Å². The van der Waals surface area contributed by atoms with Crippen LogP contribution in [0.5, 0.6) is 5.88 Å². The summed E-state index contributed by atoms with van der Waals surface area (Å²) >= 11 is 1.64. The van der Waals surface area contributed by atoms with Crippen LogP contribution in [0.15, 0.2) is 29.9 Å². The van der Waals surface area contributed by atoms with E-state index >= 15 is 0 Å². The van der Waals surface area contributed by atoms with Crippen LogP contribution < -0.4 is 15.0 Å². The van der Waals surface area contributed by atoms with Crippen LogP contribution in [0.3, 0.4) is 0 Å². The first-order valence-corrected chi connectivity index (χ1v) is 8.71. The Hall–Kier alpha value is -2.35. The lowest BCUT2D eigenvalue weighted by molar-refractivity contribution is 0.182. The van der Waals surface area contributed by atoms with Crippen LogP contribution in [0.1, 0.15) is 11.3 Å². The number of hydrogen-bond acceptors (Lipinski definition) is 6. The van der Waals surface area contributed by atoms with Crippen molar-refractivity contribution >= 4 is 23.2 Å². The molecule has 128 valence electrons. The first kappa shape index (κ1) is 16.5. The largest absolute Gasteiger partial charge is 0.471 e. The molecule has 2 aromatic rings. The lowest BCUT2D eigenvalue weighted by Crippen LogP contribution is -2.39. The number of anilines is 1. The number of aromatic nitrogens is 2. The molecular weight excluding hydrogens is 326 g/mol. The third-order valence-corrected chi connectivity index (χ3v) is 4.65. The topological polar surface area (TPSA) is 70.6 Å². The number of thiophene rings is 1. The summed E-state index contributed by atoms with van der Waals surface area (Å²) in [6, 6.07) is 3.94. The number of carbonyl (C=O) groups is 1. The quantitative estimate of drug-likeness (QED) is 0.895. The van der Waals surface area contributed by atoms with Crippen LogP contribution >= 0.6 is 11.3 Å². The van der Waals surface area contributed by atoms with Crippen molar-refractivity contribution in [1.29, 1.82) is 0 Å². The Morgan fingerprint density at radius 3 is 3.12 bits per heavy atom. The summed E-state index contributed by atoms with van der Waals surface area (Å²) in [6.07, 6.45) is 4.03. The summed E-state index contributed by atoms with van der Waals surface area (Å²) in [7, 11) is 3.81. The molecule has 1 fully saturated rings. The summed E-state index contributed by atoms with van der Waals surface area (Å²) in [5, 5.41) is 4.95. The van der Waals surface area contributed by atoms with Gasteiger partial charge in [-0.3, -0.25) is 4.98 Å². The molecule has 0 aliphatic carbocycles. The van der Waals surface area contributed by atoms with E-state index in [1.807, 2.05) is 36.5 Å². The summed E-state index contributed by atoms with van der Waals surface area (Å²) in [5.74, 6) is 1.24. The molecule has 0 saturated carbocycles. The smallest absolute Gasteiger partial charge is 0.317 e. The monoisotopic (exact) mass is 347 g/mol. The second-order valence-electron chi connectivity index (χ2n) is 5.82. The van der Waals surface area contributed by atoms with E-state index in [4.69, 9.17) is 4.74 Å². The molecule has 1 aliphatic heterocycles. The number of rotatable bonds is 5. The third kappa shape index (κ3) is 4.14. The van der Waals surface area contributed by atoms with E-state index in [1.165, 1.54) is 0 Å². The van der Waals surface area contributed by atoms with Crippen molar-refractivity contribution in [3.05, 3.63) is 34.8 Å². The van der Waals surface area contributed by atoms with Crippen molar-refractivity contribution in [2.24, 2.45) is 0 Å². The molecular formula is C16H21N5O2S. The normalized spacial score (nSPS) is 16.9. The minimum Gasteiger partial charge on any atom is -0.471 e. The van der Waals surface area contributed by atoms with Crippen molar-refractivity contribution in [2.75, 3.05) is 32.1 Å². The number of hydrogen-bond donors (Lipinski definition) is 1. The van der Waals surface area contributed by atoms with E-state index in [0.717, 1.165) is 17.1 Å². The van der Waals surface area contributed by atoms with Gasteiger partial charge in [0.05, 0.1) is 25.5 Å². The maximum atomic E-state index is 12.2. The molecule has 3 heterocycles. The number of nitrogens with one attached hydrogen (secondary N) is 1. The van der Waals surface area contributed by atoms with Gasteiger partial charge in [-0.25, -0.2) is 4.79 Å². The van der Waals surface area contributed by atoms with Gasteiger partial charge < -0.3 is 19.9 Å². The van der Waals surface area contributed by atoms with Crippen LogP contribution in [0.4, 0.5) is 10.6 Å². The predicted octanol–water partition coefficient (Wildman–Crippen LogP) is 1.97. The van der Waals surface area contributed by atoms with Gasteiger partial charge in [-0.15, -0.1) is 11.3 Å². The zero-order valence-electron chi connectivity index (χ0n) is 13.8. The lowest BCUT2D eigenvalue weighted by atomic mass is 10.3. The highest BCUT2D eigenvalue weighted by molar-refractivity contribution is 7.09. The minimum absolute atomic E-state index is 0.0517. The van der Waals surface area contributed by atoms with E-state index < -0.39 is 0 Å². The van der Waals surface area contributed by atoms with Crippen LogP contribution in [0.25, 0.3) is 0 Å². The number of ether oxygens (including phenoxy) is 1. The number of likely N-dealkylation sites (tertiary alicyclic amines) is 1. The predicted molar refractivity (Wildman–Crippen MR) is 93.5 cm³/mol. The van der Waals surface area contributed by atoms with Crippen molar-refractivity contribution in [2.45, 2.75) is 19.1 Å². The van der Waals surface area contributed by atoms with Crippen molar-refractivity contribution < 1.29 is 9.53 Å². The van der Waals surface area contributed by atoms with Gasteiger partial charge in [0.2, 0.25) is 5.88 Å². The van der Waals surface area contributed by atoms with Gasteiger partial charge >= 0.3 is 6.03 Å². The fourth-order valence-electron chi connectivity index (χ4n) is 2.48. The second-order valence-corrected chi connectivity index (χ2v) is 6.85. The highest BCUT2D eigenvalue weighted by Crippen LogP contribution is 2.18. The maximum Gasteiger partial charge on any atom is 0.317 e. The number of carbonyl (C=O) groups excluding carboxylic acids is 1. The van der Waals surface area contributed by atoms with Crippen LogP contribution in [-0.4, -0.2) is 54.2 Å². The first-order valence-electron chi connectivity index (χ1n) is 7.83. The molecule has 7 nitrogen and oxygen atoms in total. The molecule has 2 aromatic heterocycles. The molecule has 3 rings (SSSR count). The summed E-state index contributed by atoms with van der Waals surface area (Å²) in [6.45, 7) is 1.81. The van der Waals surface area contributed by atoms with Crippen molar-refractivity contribution in [1.82, 2.24) is 20.2 Å². The van der Waals surface area contributed by atoms with E-state index in [2.05, 4.69) is 15.3 Å². The van der Waals surface area contributed by atoms with Crippen LogP contribution in [0, 0.1) is 0 Å². The average molecular weight is 347 g/mol. The van der Waals surface area contributed by atoms with Gasteiger partial charge in [-0.2, -0.15) is 4.98 Å². The Balaban J connectivity index is 1.50. The Morgan fingerprint density at radius 2 is 2.38 bits per heavy atom. The molecule has 24 heavy (non-hydrogen) atoms. The Labute approximate surface area is 145 Å². The zero-order chi connectivity index (χ0) is 16.9. The SMILES string of the molecule is CN(C)c1cncc(O[C@@H]2CCN(C(=O)NCc3cccs3)C2)n1. The van der Waals surface area contributed by atoms with Gasteiger partial charge in [-0.1, -0.05) is 6.07 Å². The summed E-state index contributed by atoms with van der Waals surface area (Å²) in [4.78, 5) is 25.5. The third-order valence-electron chi connectivity index (χ3n) is 3.77. The molecule has 1 saturated heterocycles. The number of urea groups is 1. The molecule has 1 aliphatic rings. The molecule has 1 atom stereocenters. The standard InChI is InChI=1S/C16H21N5O2S/c1-20(2)14-9-17-10-15(19-14)23-12-5-6-21(11-12)16(22)18-8-13-4-3-7-24-13/h3-4,7,9-10,12H,5-6,8,11H2,1-2H3,(H,18,22)/t12-/m1/s1. The van der Waals surface area contributed by atoms with Gasteiger partial charge in [-0.05, 0) is 11.4 Å². The van der Waals surface area contributed by atoms with E-state index in [0.29, 0.717) is 25.5 Å². The average Bonchev–Trinajstić information content (AvgIpc) is 3.24. The van der Waals surface area contributed by atoms with E-state index in [1.54, 1.807) is 28.6 Å². The fraction of sp³-hybridized carbons (Fsp3) is 0.438. The Kier molecular flexibility index (Phi) is 5.14. The minimum atomic E-state index is -0.0531. The van der Waals surface area contributed by atoms with Gasteiger partial charge in [0.15, 0.2) is 5.82 Å². The highest BCUT2D eigenvalue weighted by Gasteiger charge is 2.28. The van der Waals surface area contributed by atoms with Gasteiger partial charge in [0, 0.05) is 31.9 Å². The van der Waals surface area contributed by atoms with Gasteiger partial charge in [0.25, 0.3) is 0 Å². The summed E-state index contributed by atoms with van der Waals surface area (Å²) in [5.41, 5.74) is 0.